The number of nitrogens with zero attached hydrogens (tertiary/aromatic N) is 1. The van der Waals surface area contributed by atoms with Gasteiger partial charge in [0.2, 0.25) is 0 Å². The summed E-state index contributed by atoms with van der Waals surface area (Å²) >= 11 is 0. The number of hydrogen-bond acceptors (Lipinski definition) is 2. The van der Waals surface area contributed by atoms with E-state index in [-0.39, 0.29) is 12.5 Å². The van der Waals surface area contributed by atoms with Crippen LogP contribution in [0.1, 0.15) is 32.6 Å². The zero-order valence-electron chi connectivity index (χ0n) is 10.4. The van der Waals surface area contributed by atoms with Crippen molar-refractivity contribution in [2.24, 2.45) is 0 Å². The maximum Gasteiger partial charge on any atom is 0.389 e. The van der Waals surface area contributed by atoms with Crippen LogP contribution in [0.25, 0.3) is 0 Å². The van der Waals surface area contributed by atoms with Gasteiger partial charge in [-0.15, -0.1) is 0 Å². The van der Waals surface area contributed by atoms with E-state index in [0.29, 0.717) is 0 Å². The molecule has 0 fully saturated rings. The number of rotatable bonds is 8. The van der Waals surface area contributed by atoms with Gasteiger partial charge in [-0.25, -0.2) is 0 Å². The Morgan fingerprint density at radius 2 is 1.81 bits per heavy atom. The highest BCUT2D eigenvalue weighted by atomic mass is 19.4. The van der Waals surface area contributed by atoms with Crippen molar-refractivity contribution in [1.29, 1.82) is 0 Å². The molecule has 0 saturated carbocycles. The highest BCUT2D eigenvalue weighted by Crippen LogP contribution is 2.22. The van der Waals surface area contributed by atoms with Crippen molar-refractivity contribution in [2.75, 3.05) is 27.2 Å². The predicted molar refractivity (Wildman–Crippen MR) is 60.5 cm³/mol. The van der Waals surface area contributed by atoms with Crippen LogP contribution in [0.15, 0.2) is 0 Å². The van der Waals surface area contributed by atoms with Gasteiger partial charge in [0.25, 0.3) is 0 Å². The van der Waals surface area contributed by atoms with E-state index in [0.717, 1.165) is 25.9 Å². The van der Waals surface area contributed by atoms with E-state index in [1.807, 2.05) is 25.9 Å². The van der Waals surface area contributed by atoms with Gasteiger partial charge in [0.05, 0.1) is 0 Å². The van der Waals surface area contributed by atoms with Crippen molar-refractivity contribution in [3.8, 4) is 0 Å². The third kappa shape index (κ3) is 10.2. The molecule has 98 valence electrons. The summed E-state index contributed by atoms with van der Waals surface area (Å²) in [5, 5.41) is 3.17. The van der Waals surface area contributed by atoms with E-state index in [9.17, 15) is 13.2 Å². The van der Waals surface area contributed by atoms with Gasteiger partial charge in [0.15, 0.2) is 0 Å². The molecule has 0 aliphatic heterocycles. The Morgan fingerprint density at radius 1 is 1.19 bits per heavy atom. The first kappa shape index (κ1) is 15.7. The quantitative estimate of drug-likeness (QED) is 0.701. The van der Waals surface area contributed by atoms with Gasteiger partial charge in [-0.1, -0.05) is 6.92 Å². The molecular formula is C11H23F3N2. The van der Waals surface area contributed by atoms with E-state index < -0.39 is 12.6 Å². The van der Waals surface area contributed by atoms with Gasteiger partial charge in [0, 0.05) is 12.5 Å². The van der Waals surface area contributed by atoms with Crippen LogP contribution in [0, 0.1) is 0 Å². The maximum atomic E-state index is 12.1. The smallest absolute Gasteiger partial charge is 0.314 e. The number of alkyl halides is 3. The van der Waals surface area contributed by atoms with Crippen molar-refractivity contribution in [3.63, 3.8) is 0 Å². The number of hydrogen-bond donors (Lipinski definition) is 1. The molecule has 1 atom stereocenters. The Balaban J connectivity index is 3.89. The fourth-order valence-electron chi connectivity index (χ4n) is 1.45. The van der Waals surface area contributed by atoms with Crippen LogP contribution in [0.3, 0.4) is 0 Å². The van der Waals surface area contributed by atoms with Gasteiger partial charge in [-0.2, -0.15) is 13.2 Å². The van der Waals surface area contributed by atoms with Gasteiger partial charge < -0.3 is 10.2 Å². The van der Waals surface area contributed by atoms with Crippen molar-refractivity contribution >= 4 is 0 Å². The molecule has 0 aromatic heterocycles. The predicted octanol–water partition coefficient (Wildman–Crippen LogP) is 2.65. The summed E-state index contributed by atoms with van der Waals surface area (Å²) in [5.41, 5.74) is 0. The van der Waals surface area contributed by atoms with E-state index in [1.165, 1.54) is 0 Å². The SMILES string of the molecule is CCCNC(CCN(C)C)CCC(F)(F)F. The second kappa shape index (κ2) is 7.90. The van der Waals surface area contributed by atoms with Crippen molar-refractivity contribution in [3.05, 3.63) is 0 Å². The van der Waals surface area contributed by atoms with Gasteiger partial charge in [-0.3, -0.25) is 0 Å². The Bertz CT molecular complexity index is 169. The zero-order chi connectivity index (χ0) is 12.6. The van der Waals surface area contributed by atoms with E-state index >= 15 is 0 Å². The Hall–Kier alpha value is -0.290. The number of nitrogens with one attached hydrogen (secondary N) is 1. The van der Waals surface area contributed by atoms with E-state index in [4.69, 9.17) is 0 Å². The summed E-state index contributed by atoms with van der Waals surface area (Å²) in [4.78, 5) is 1.99. The monoisotopic (exact) mass is 240 g/mol. The molecule has 2 nitrogen and oxygen atoms in total. The molecule has 0 radical (unpaired) electrons. The molecule has 1 unspecified atom stereocenters. The molecule has 1 N–H and O–H groups in total. The summed E-state index contributed by atoms with van der Waals surface area (Å²) in [6.45, 7) is 3.62. The van der Waals surface area contributed by atoms with E-state index in [2.05, 4.69) is 5.32 Å². The largest absolute Gasteiger partial charge is 0.389 e. The minimum atomic E-state index is -4.04. The molecule has 0 amide bonds. The molecule has 0 bridgehead atoms. The third-order valence-corrected chi connectivity index (χ3v) is 2.38. The molecular weight excluding hydrogens is 217 g/mol. The lowest BCUT2D eigenvalue weighted by Gasteiger charge is -2.21. The van der Waals surface area contributed by atoms with Crippen LogP contribution in [-0.4, -0.2) is 44.3 Å². The lowest BCUT2D eigenvalue weighted by atomic mass is 10.1. The average molecular weight is 240 g/mol. The van der Waals surface area contributed by atoms with Gasteiger partial charge in [0.1, 0.15) is 0 Å². The first-order chi connectivity index (χ1) is 7.35. The topological polar surface area (TPSA) is 15.3 Å². The van der Waals surface area contributed by atoms with Crippen LogP contribution >= 0.6 is 0 Å². The summed E-state index contributed by atoms with van der Waals surface area (Å²) in [5.74, 6) is 0. The summed E-state index contributed by atoms with van der Waals surface area (Å²) in [6.07, 6.45) is -2.84. The molecule has 0 aromatic carbocycles. The Labute approximate surface area is 96.2 Å². The highest BCUT2D eigenvalue weighted by Gasteiger charge is 2.28. The van der Waals surface area contributed by atoms with Crippen LogP contribution < -0.4 is 5.32 Å². The lowest BCUT2D eigenvalue weighted by Crippen LogP contribution is -2.34. The zero-order valence-corrected chi connectivity index (χ0v) is 10.4. The fraction of sp³-hybridized carbons (Fsp3) is 1.00. The Kier molecular flexibility index (Phi) is 7.76. The third-order valence-electron chi connectivity index (χ3n) is 2.38. The summed E-state index contributed by atoms with van der Waals surface area (Å²) in [7, 11) is 3.86. The standard InChI is InChI=1S/C11H23F3N2/c1-4-8-15-10(6-9-16(2)3)5-7-11(12,13)14/h10,15H,4-9H2,1-3H3. The second-order valence-electron chi connectivity index (χ2n) is 4.40. The van der Waals surface area contributed by atoms with Gasteiger partial charge >= 0.3 is 6.18 Å². The minimum Gasteiger partial charge on any atom is -0.314 e. The molecule has 0 rings (SSSR count). The van der Waals surface area contributed by atoms with Crippen LogP contribution in [-0.2, 0) is 0 Å². The molecule has 0 heterocycles. The van der Waals surface area contributed by atoms with Crippen LogP contribution in [0.4, 0.5) is 13.2 Å². The first-order valence-electron chi connectivity index (χ1n) is 5.80. The fourth-order valence-corrected chi connectivity index (χ4v) is 1.45. The lowest BCUT2D eigenvalue weighted by molar-refractivity contribution is -0.136. The molecule has 0 aliphatic rings. The maximum absolute atomic E-state index is 12.1. The van der Waals surface area contributed by atoms with Crippen molar-refractivity contribution < 1.29 is 13.2 Å². The summed E-state index contributed by atoms with van der Waals surface area (Å²) < 4.78 is 36.3. The van der Waals surface area contributed by atoms with Crippen molar-refractivity contribution in [2.45, 2.75) is 44.8 Å². The van der Waals surface area contributed by atoms with Crippen LogP contribution in [0.5, 0.6) is 0 Å². The van der Waals surface area contributed by atoms with E-state index in [1.54, 1.807) is 0 Å². The molecule has 0 aliphatic carbocycles. The minimum absolute atomic E-state index is 0.0241. The molecule has 0 spiro atoms. The Morgan fingerprint density at radius 3 is 2.25 bits per heavy atom. The highest BCUT2D eigenvalue weighted by molar-refractivity contribution is 4.70. The second-order valence-corrected chi connectivity index (χ2v) is 4.40. The van der Waals surface area contributed by atoms with Gasteiger partial charge in [-0.05, 0) is 46.4 Å². The van der Waals surface area contributed by atoms with Crippen LogP contribution in [0.2, 0.25) is 0 Å². The summed E-state index contributed by atoms with van der Waals surface area (Å²) in [6, 6.07) is -0.0241. The first-order valence-corrected chi connectivity index (χ1v) is 5.80. The average Bonchev–Trinajstić information content (AvgIpc) is 2.15. The van der Waals surface area contributed by atoms with Crippen molar-refractivity contribution in [1.82, 2.24) is 10.2 Å². The molecule has 5 heteroatoms. The molecule has 0 saturated heterocycles. The normalized spacial score (nSPS) is 14.4. The molecule has 0 aromatic rings. The number of halogens is 3. The molecule has 16 heavy (non-hydrogen) atoms.